The fourth-order valence-corrected chi connectivity index (χ4v) is 2.16. The van der Waals surface area contributed by atoms with Gasteiger partial charge in [0.25, 0.3) is 5.91 Å². The molecule has 22 heavy (non-hydrogen) atoms. The second kappa shape index (κ2) is 7.87. The van der Waals surface area contributed by atoms with Gasteiger partial charge in [0.15, 0.2) is 5.62 Å². The molecule has 3 nitrogen and oxygen atoms in total. The Morgan fingerprint density at radius 1 is 1.00 bits per heavy atom. The maximum Gasteiger partial charge on any atom is 0.255 e. The van der Waals surface area contributed by atoms with Crippen molar-refractivity contribution in [3.63, 3.8) is 0 Å². The van der Waals surface area contributed by atoms with Gasteiger partial charge in [-0.05, 0) is 47.7 Å². The highest BCUT2D eigenvalue weighted by atomic mass is 32.2. The summed E-state index contributed by atoms with van der Waals surface area (Å²) in [7, 11) is 0. The number of rotatable bonds is 4. The Bertz CT molecular complexity index is 770. The summed E-state index contributed by atoms with van der Waals surface area (Å²) in [4.78, 5) is 22.0. The van der Waals surface area contributed by atoms with Crippen molar-refractivity contribution < 1.29 is 9.59 Å². The first kappa shape index (κ1) is 15.6. The molecular formula is C18H13NO2S. The Morgan fingerprint density at radius 2 is 1.68 bits per heavy atom. The molecule has 0 bridgehead atoms. The summed E-state index contributed by atoms with van der Waals surface area (Å²) in [6.45, 7) is 0. The number of benzene rings is 2. The van der Waals surface area contributed by atoms with E-state index < -0.39 is 5.91 Å². The zero-order valence-corrected chi connectivity index (χ0v) is 12.5. The van der Waals surface area contributed by atoms with Crippen molar-refractivity contribution in [1.29, 1.82) is 0 Å². The van der Waals surface area contributed by atoms with E-state index in [9.17, 15) is 9.59 Å². The predicted molar refractivity (Wildman–Crippen MR) is 90.4 cm³/mol. The normalized spacial score (nSPS) is 10.5. The summed E-state index contributed by atoms with van der Waals surface area (Å²) in [5, 5.41) is 0. The number of carbonyl (C=O) groups excluding carboxylic acids is 2. The van der Waals surface area contributed by atoms with Crippen LogP contribution in [0, 0.1) is 11.8 Å². The van der Waals surface area contributed by atoms with E-state index in [0.29, 0.717) is 5.62 Å². The maximum atomic E-state index is 11.2. The summed E-state index contributed by atoms with van der Waals surface area (Å²) in [5.74, 6) is 5.50. The highest BCUT2D eigenvalue weighted by Crippen LogP contribution is 2.17. The van der Waals surface area contributed by atoms with E-state index in [4.69, 9.17) is 5.73 Å². The molecule has 0 aliphatic heterocycles. The van der Waals surface area contributed by atoms with Gasteiger partial charge in [-0.3, -0.25) is 9.59 Å². The van der Waals surface area contributed by atoms with Crippen molar-refractivity contribution in [2.75, 3.05) is 0 Å². The van der Waals surface area contributed by atoms with Crippen molar-refractivity contribution >= 4 is 29.4 Å². The van der Waals surface area contributed by atoms with Gasteiger partial charge in [-0.25, -0.2) is 0 Å². The molecule has 2 aromatic rings. The Morgan fingerprint density at radius 3 is 2.36 bits per heavy atom. The number of carbonyl (C=O) groups is 2. The molecule has 0 radical (unpaired) electrons. The highest BCUT2D eigenvalue weighted by Gasteiger charge is 2.05. The van der Waals surface area contributed by atoms with Gasteiger partial charge in [0.2, 0.25) is 0 Å². The third kappa shape index (κ3) is 4.65. The van der Waals surface area contributed by atoms with Crippen LogP contribution in [0.3, 0.4) is 0 Å². The molecule has 0 fully saturated rings. The van der Waals surface area contributed by atoms with Crippen molar-refractivity contribution in [1.82, 2.24) is 0 Å². The molecule has 2 rings (SSSR count). The van der Waals surface area contributed by atoms with Crippen LogP contribution in [0.5, 0.6) is 0 Å². The van der Waals surface area contributed by atoms with Crippen LogP contribution < -0.4 is 5.73 Å². The molecule has 0 aliphatic rings. The number of hydrogen-bond donors (Lipinski definition) is 1. The van der Waals surface area contributed by atoms with Gasteiger partial charge in [-0.15, -0.1) is 0 Å². The number of primary amides is 1. The minimum atomic E-state index is -0.627. The van der Waals surface area contributed by atoms with Crippen LogP contribution in [0.25, 0.3) is 6.08 Å². The van der Waals surface area contributed by atoms with Crippen LogP contribution >= 0.6 is 11.8 Å². The van der Waals surface area contributed by atoms with Gasteiger partial charge in [-0.2, -0.15) is 0 Å². The molecule has 108 valence electrons. The average Bonchev–Trinajstić information content (AvgIpc) is 2.54. The van der Waals surface area contributed by atoms with Gasteiger partial charge >= 0.3 is 0 Å². The predicted octanol–water partition coefficient (Wildman–Crippen LogP) is 2.84. The zero-order valence-electron chi connectivity index (χ0n) is 11.7. The molecule has 4 heteroatoms. The molecule has 0 saturated carbocycles. The van der Waals surface area contributed by atoms with E-state index in [1.807, 2.05) is 54.6 Å². The van der Waals surface area contributed by atoms with Crippen LogP contribution in [-0.4, -0.2) is 11.5 Å². The summed E-state index contributed by atoms with van der Waals surface area (Å²) in [6, 6.07) is 17.0. The van der Waals surface area contributed by atoms with Gasteiger partial charge < -0.3 is 5.73 Å². The van der Waals surface area contributed by atoms with Crippen molar-refractivity contribution in [3.8, 4) is 11.8 Å². The largest absolute Gasteiger partial charge is 0.365 e. The van der Waals surface area contributed by atoms with Gasteiger partial charge in [0.05, 0.1) is 4.91 Å². The molecule has 0 spiro atoms. The van der Waals surface area contributed by atoms with E-state index in [1.165, 1.54) is 0 Å². The van der Waals surface area contributed by atoms with Crippen LogP contribution in [0.2, 0.25) is 0 Å². The van der Waals surface area contributed by atoms with Gasteiger partial charge in [0.1, 0.15) is 0 Å². The van der Waals surface area contributed by atoms with Gasteiger partial charge in [-0.1, -0.05) is 42.2 Å². The molecule has 0 atom stereocenters. The second-order valence-electron chi connectivity index (χ2n) is 4.33. The Kier molecular flexibility index (Phi) is 5.58. The third-order valence-corrected chi connectivity index (χ3v) is 3.40. The molecule has 0 saturated heterocycles. The summed E-state index contributed by atoms with van der Waals surface area (Å²) >= 11 is 0.765. The molecular weight excluding hydrogens is 294 g/mol. The van der Waals surface area contributed by atoms with Crippen LogP contribution in [0.15, 0.2) is 59.5 Å². The maximum absolute atomic E-state index is 11.2. The topological polar surface area (TPSA) is 60.2 Å². The Balaban J connectivity index is 2.27. The molecule has 0 heterocycles. The van der Waals surface area contributed by atoms with E-state index in [0.717, 1.165) is 28.5 Å². The molecule has 2 aromatic carbocycles. The fraction of sp³-hybridized carbons (Fsp3) is 0. The summed E-state index contributed by atoms with van der Waals surface area (Å²) in [6.07, 6.45) is 1.58. The van der Waals surface area contributed by atoms with E-state index in [-0.39, 0.29) is 4.91 Å². The van der Waals surface area contributed by atoms with E-state index in [1.54, 1.807) is 6.08 Å². The number of thioether (sulfide) groups is 1. The lowest BCUT2D eigenvalue weighted by Crippen LogP contribution is -2.11. The van der Waals surface area contributed by atoms with Crippen molar-refractivity contribution in [3.05, 3.63) is 76.2 Å². The quantitative estimate of drug-likeness (QED) is 0.537. The Hall–Kier alpha value is -2.77. The van der Waals surface area contributed by atoms with Gasteiger partial charge in [0, 0.05) is 11.1 Å². The minimum Gasteiger partial charge on any atom is -0.365 e. The van der Waals surface area contributed by atoms with E-state index >= 15 is 0 Å². The number of amides is 1. The number of hydrogen-bond acceptors (Lipinski definition) is 3. The smallest absolute Gasteiger partial charge is 0.255 e. The lowest BCUT2D eigenvalue weighted by Gasteiger charge is -1.99. The lowest BCUT2D eigenvalue weighted by molar-refractivity contribution is -0.113. The second-order valence-corrected chi connectivity index (χ2v) is 5.20. The lowest BCUT2D eigenvalue weighted by atomic mass is 10.1. The molecule has 0 aromatic heterocycles. The molecule has 1 amide bonds. The summed E-state index contributed by atoms with van der Waals surface area (Å²) < 4.78 is 0. The molecule has 0 unspecified atom stereocenters. The monoisotopic (exact) mass is 307 g/mol. The minimum absolute atomic E-state index is 0.197. The van der Waals surface area contributed by atoms with E-state index in [2.05, 4.69) is 11.8 Å². The van der Waals surface area contributed by atoms with Crippen LogP contribution in [-0.2, 0) is 9.59 Å². The molecule has 2 N–H and O–H groups in total. The zero-order chi connectivity index (χ0) is 15.8. The van der Waals surface area contributed by atoms with Crippen LogP contribution in [0.4, 0.5) is 0 Å². The Labute approximate surface area is 133 Å². The van der Waals surface area contributed by atoms with Crippen molar-refractivity contribution in [2.45, 2.75) is 0 Å². The standard InChI is InChI=1S/C18H13NO2S/c19-18(21)17(22-13-20)12-16-8-4-7-15(11-16)10-9-14-5-2-1-3-6-14/h1-8,11-13H,(H2,19,21). The summed E-state index contributed by atoms with van der Waals surface area (Å²) in [5.41, 5.74) is 8.32. The highest BCUT2D eigenvalue weighted by molar-refractivity contribution is 8.16. The van der Waals surface area contributed by atoms with Crippen LogP contribution in [0.1, 0.15) is 16.7 Å². The first-order valence-electron chi connectivity index (χ1n) is 6.48. The number of nitrogens with two attached hydrogens (primary N) is 1. The van der Waals surface area contributed by atoms with Crippen molar-refractivity contribution in [2.24, 2.45) is 5.73 Å². The average molecular weight is 307 g/mol. The first-order valence-corrected chi connectivity index (χ1v) is 7.36. The molecule has 0 aliphatic carbocycles. The third-order valence-electron chi connectivity index (χ3n) is 2.73. The fourth-order valence-electron chi connectivity index (χ4n) is 1.74. The first-order chi connectivity index (χ1) is 10.7. The SMILES string of the molecule is NC(=O)C(=Cc1cccc(C#Cc2ccccc2)c1)SC=O.